The lowest BCUT2D eigenvalue weighted by Gasteiger charge is -2.26. The van der Waals surface area contributed by atoms with Crippen LogP contribution in [0, 0.1) is 0 Å². The smallest absolute Gasteiger partial charge is 0.410 e. The van der Waals surface area contributed by atoms with Crippen molar-refractivity contribution < 1.29 is 18.8 Å². The quantitative estimate of drug-likeness (QED) is 0.802. The molecule has 0 bridgehead atoms. The molecule has 146 valence electrons. The first-order chi connectivity index (χ1) is 12.7. The van der Waals surface area contributed by atoms with Crippen molar-refractivity contribution in [1.82, 2.24) is 15.4 Å². The average Bonchev–Trinajstić information content (AvgIpc) is 3.07. The summed E-state index contributed by atoms with van der Waals surface area (Å²) >= 11 is 5.96. The number of likely N-dealkylation sites (N-methyl/N-ethyl adjacent to an activating group) is 1. The highest BCUT2D eigenvalue weighted by Crippen LogP contribution is 2.22. The molecule has 8 heteroatoms. The van der Waals surface area contributed by atoms with Crippen molar-refractivity contribution in [1.29, 1.82) is 0 Å². The monoisotopic (exact) mass is 393 g/mol. The van der Waals surface area contributed by atoms with E-state index in [4.69, 9.17) is 20.9 Å². The number of ether oxygens (including phenoxy) is 1. The summed E-state index contributed by atoms with van der Waals surface area (Å²) in [5, 5.41) is 7.18. The predicted molar refractivity (Wildman–Crippen MR) is 103 cm³/mol. The van der Waals surface area contributed by atoms with Crippen LogP contribution in [0.4, 0.5) is 4.79 Å². The molecule has 0 unspecified atom stereocenters. The van der Waals surface area contributed by atoms with Crippen molar-refractivity contribution >= 4 is 23.6 Å². The molecule has 2 amide bonds. The minimum atomic E-state index is -0.565. The van der Waals surface area contributed by atoms with Crippen LogP contribution in [0.15, 0.2) is 34.9 Å². The van der Waals surface area contributed by atoms with Gasteiger partial charge in [-0.3, -0.25) is 4.79 Å². The highest BCUT2D eigenvalue weighted by atomic mass is 35.5. The molecule has 1 aromatic carbocycles. The van der Waals surface area contributed by atoms with Crippen LogP contribution in [0.2, 0.25) is 5.02 Å². The SMILES string of the molecule is CCN(CCNC(=O)c1cc(-c2cccc(Cl)c2)no1)C(=O)OC(C)(C)C. The summed E-state index contributed by atoms with van der Waals surface area (Å²) in [6, 6.07) is 8.66. The molecule has 0 atom stereocenters. The normalized spacial score (nSPS) is 11.1. The largest absolute Gasteiger partial charge is 0.444 e. The van der Waals surface area contributed by atoms with E-state index in [0.717, 1.165) is 5.56 Å². The third-order valence-electron chi connectivity index (χ3n) is 3.56. The van der Waals surface area contributed by atoms with E-state index >= 15 is 0 Å². The molecule has 0 aliphatic heterocycles. The summed E-state index contributed by atoms with van der Waals surface area (Å²) in [6.07, 6.45) is -0.415. The van der Waals surface area contributed by atoms with Gasteiger partial charge in [-0.1, -0.05) is 28.9 Å². The van der Waals surface area contributed by atoms with Gasteiger partial charge in [0.1, 0.15) is 11.3 Å². The van der Waals surface area contributed by atoms with Crippen molar-refractivity contribution in [2.45, 2.75) is 33.3 Å². The van der Waals surface area contributed by atoms with Crippen LogP contribution in [-0.2, 0) is 4.74 Å². The number of hydrogen-bond acceptors (Lipinski definition) is 5. The van der Waals surface area contributed by atoms with Gasteiger partial charge in [0, 0.05) is 36.3 Å². The van der Waals surface area contributed by atoms with E-state index in [0.29, 0.717) is 23.8 Å². The van der Waals surface area contributed by atoms with E-state index < -0.39 is 17.6 Å². The summed E-state index contributed by atoms with van der Waals surface area (Å²) in [7, 11) is 0. The summed E-state index contributed by atoms with van der Waals surface area (Å²) in [4.78, 5) is 25.8. The van der Waals surface area contributed by atoms with Gasteiger partial charge < -0.3 is 19.5 Å². The lowest BCUT2D eigenvalue weighted by Crippen LogP contribution is -2.41. The van der Waals surface area contributed by atoms with Gasteiger partial charge in [0.15, 0.2) is 0 Å². The van der Waals surface area contributed by atoms with Crippen LogP contribution in [0.25, 0.3) is 11.3 Å². The van der Waals surface area contributed by atoms with Crippen molar-refractivity contribution in [3.05, 3.63) is 41.1 Å². The average molecular weight is 394 g/mol. The third-order valence-corrected chi connectivity index (χ3v) is 3.79. The van der Waals surface area contributed by atoms with Gasteiger partial charge >= 0.3 is 6.09 Å². The van der Waals surface area contributed by atoms with Gasteiger partial charge in [0.25, 0.3) is 5.91 Å². The molecule has 7 nitrogen and oxygen atoms in total. The molecule has 1 heterocycles. The minimum Gasteiger partial charge on any atom is -0.444 e. The van der Waals surface area contributed by atoms with E-state index in [1.54, 1.807) is 24.3 Å². The minimum absolute atomic E-state index is 0.0882. The molecule has 0 saturated heterocycles. The highest BCUT2D eigenvalue weighted by molar-refractivity contribution is 6.30. The molecule has 2 rings (SSSR count). The molecular formula is C19H24ClN3O4. The fourth-order valence-corrected chi connectivity index (χ4v) is 2.45. The molecule has 0 saturated carbocycles. The van der Waals surface area contributed by atoms with E-state index in [1.165, 1.54) is 4.90 Å². The van der Waals surface area contributed by atoms with Crippen molar-refractivity contribution in [2.24, 2.45) is 0 Å². The van der Waals surface area contributed by atoms with Gasteiger partial charge in [0.2, 0.25) is 5.76 Å². The topological polar surface area (TPSA) is 84.7 Å². The molecule has 0 spiro atoms. The van der Waals surface area contributed by atoms with Crippen LogP contribution < -0.4 is 5.32 Å². The lowest BCUT2D eigenvalue weighted by molar-refractivity contribution is 0.0260. The zero-order chi connectivity index (χ0) is 20.0. The Morgan fingerprint density at radius 2 is 2.04 bits per heavy atom. The number of aromatic nitrogens is 1. The van der Waals surface area contributed by atoms with Gasteiger partial charge in [-0.15, -0.1) is 0 Å². The zero-order valence-electron chi connectivity index (χ0n) is 15.9. The molecule has 0 fully saturated rings. The number of carbonyl (C=O) groups excluding carboxylic acids is 2. The maximum atomic E-state index is 12.2. The van der Waals surface area contributed by atoms with Gasteiger partial charge in [0.05, 0.1) is 0 Å². The Hall–Kier alpha value is -2.54. The predicted octanol–water partition coefficient (Wildman–Crippen LogP) is 3.98. The fourth-order valence-electron chi connectivity index (χ4n) is 2.26. The standard InChI is InChI=1S/C19H24ClN3O4/c1-5-23(18(25)26-19(2,3)4)10-9-21-17(24)16-12-15(22-27-16)13-7-6-8-14(20)11-13/h6-8,11-12H,5,9-10H2,1-4H3,(H,21,24). The van der Waals surface area contributed by atoms with E-state index in [-0.39, 0.29) is 12.3 Å². The number of carbonyl (C=O) groups is 2. The fraction of sp³-hybridized carbons (Fsp3) is 0.421. The number of nitrogens with zero attached hydrogens (tertiary/aromatic N) is 2. The second-order valence-corrected chi connectivity index (χ2v) is 7.34. The Morgan fingerprint density at radius 1 is 1.30 bits per heavy atom. The first-order valence-electron chi connectivity index (χ1n) is 8.68. The van der Waals surface area contributed by atoms with Crippen molar-refractivity contribution in [3.8, 4) is 11.3 Å². The molecule has 0 aliphatic rings. The Balaban J connectivity index is 1.89. The molecule has 1 N–H and O–H groups in total. The maximum absolute atomic E-state index is 12.2. The molecule has 0 aliphatic carbocycles. The maximum Gasteiger partial charge on any atom is 0.410 e. The number of benzene rings is 1. The van der Waals surface area contributed by atoms with Crippen molar-refractivity contribution in [3.63, 3.8) is 0 Å². The molecular weight excluding hydrogens is 370 g/mol. The van der Waals surface area contributed by atoms with E-state index in [1.807, 2.05) is 33.8 Å². The number of amides is 2. The van der Waals surface area contributed by atoms with Crippen LogP contribution >= 0.6 is 11.6 Å². The molecule has 2 aromatic rings. The first-order valence-corrected chi connectivity index (χ1v) is 9.06. The summed E-state index contributed by atoms with van der Waals surface area (Å²) < 4.78 is 10.4. The van der Waals surface area contributed by atoms with E-state index in [2.05, 4.69) is 10.5 Å². The molecule has 27 heavy (non-hydrogen) atoms. The first kappa shape index (κ1) is 20.8. The van der Waals surface area contributed by atoms with Crippen LogP contribution in [0.1, 0.15) is 38.2 Å². The van der Waals surface area contributed by atoms with Crippen LogP contribution in [-0.4, -0.2) is 47.3 Å². The van der Waals surface area contributed by atoms with E-state index in [9.17, 15) is 9.59 Å². The Bertz CT molecular complexity index is 798. The Labute approximate surface area is 163 Å². The zero-order valence-corrected chi connectivity index (χ0v) is 16.7. The van der Waals surface area contributed by atoms with Gasteiger partial charge in [-0.25, -0.2) is 4.79 Å². The molecule has 0 radical (unpaired) electrons. The second kappa shape index (κ2) is 8.90. The summed E-state index contributed by atoms with van der Waals surface area (Å²) in [5.74, 6) is -0.318. The van der Waals surface area contributed by atoms with Crippen LogP contribution in [0.5, 0.6) is 0 Å². The number of rotatable bonds is 6. The molecule has 1 aromatic heterocycles. The van der Waals surface area contributed by atoms with Crippen molar-refractivity contribution in [2.75, 3.05) is 19.6 Å². The number of nitrogens with one attached hydrogen (secondary N) is 1. The summed E-state index contributed by atoms with van der Waals surface area (Å²) in [6.45, 7) is 8.34. The lowest BCUT2D eigenvalue weighted by atomic mass is 10.1. The number of halogens is 1. The Morgan fingerprint density at radius 3 is 2.67 bits per heavy atom. The van der Waals surface area contributed by atoms with Gasteiger partial charge in [-0.2, -0.15) is 0 Å². The Kier molecular flexibility index (Phi) is 6.85. The summed E-state index contributed by atoms with van der Waals surface area (Å²) in [5.41, 5.74) is 0.712. The van der Waals surface area contributed by atoms with Crippen LogP contribution in [0.3, 0.4) is 0 Å². The third kappa shape index (κ3) is 6.29. The highest BCUT2D eigenvalue weighted by Gasteiger charge is 2.21. The second-order valence-electron chi connectivity index (χ2n) is 6.90. The van der Waals surface area contributed by atoms with Gasteiger partial charge in [-0.05, 0) is 39.8 Å². The number of hydrogen-bond donors (Lipinski definition) is 1.